The first-order chi connectivity index (χ1) is 9.63. The lowest BCUT2D eigenvalue weighted by atomic mass is 10.2. The fraction of sp³-hybridized carbons (Fsp3) is 0.250. The SMILES string of the molecule is Cc1cc(N[C@H](C)c2cc3ccccc3o2)nnc1C. The number of nitrogens with one attached hydrogen (secondary N) is 1. The van der Waals surface area contributed by atoms with Gasteiger partial charge in [0.1, 0.15) is 17.2 Å². The number of nitrogens with zero attached hydrogens (tertiary/aromatic N) is 2. The molecule has 0 saturated carbocycles. The van der Waals surface area contributed by atoms with Crippen LogP contribution in [0.25, 0.3) is 11.0 Å². The van der Waals surface area contributed by atoms with Gasteiger partial charge in [0.15, 0.2) is 0 Å². The Labute approximate surface area is 117 Å². The summed E-state index contributed by atoms with van der Waals surface area (Å²) < 4.78 is 5.85. The molecule has 0 saturated heterocycles. The lowest BCUT2D eigenvalue weighted by Crippen LogP contribution is -2.08. The van der Waals surface area contributed by atoms with Gasteiger partial charge in [-0.1, -0.05) is 18.2 Å². The van der Waals surface area contributed by atoms with Crippen molar-refractivity contribution >= 4 is 16.8 Å². The van der Waals surface area contributed by atoms with E-state index in [9.17, 15) is 0 Å². The highest BCUT2D eigenvalue weighted by atomic mass is 16.3. The highest BCUT2D eigenvalue weighted by Gasteiger charge is 2.12. The molecule has 20 heavy (non-hydrogen) atoms. The van der Waals surface area contributed by atoms with Gasteiger partial charge in [0, 0.05) is 5.39 Å². The lowest BCUT2D eigenvalue weighted by Gasteiger charge is -2.12. The molecule has 0 fully saturated rings. The topological polar surface area (TPSA) is 51.0 Å². The van der Waals surface area contributed by atoms with Crippen molar-refractivity contribution in [3.8, 4) is 0 Å². The third-order valence-corrected chi connectivity index (χ3v) is 3.47. The summed E-state index contributed by atoms with van der Waals surface area (Å²) in [4.78, 5) is 0. The van der Waals surface area contributed by atoms with Crippen LogP contribution in [0.5, 0.6) is 0 Å². The van der Waals surface area contributed by atoms with Gasteiger partial charge >= 0.3 is 0 Å². The van der Waals surface area contributed by atoms with E-state index in [1.54, 1.807) is 0 Å². The predicted molar refractivity (Wildman–Crippen MR) is 79.8 cm³/mol. The van der Waals surface area contributed by atoms with Crippen molar-refractivity contribution in [3.05, 3.63) is 53.4 Å². The van der Waals surface area contributed by atoms with E-state index in [4.69, 9.17) is 4.42 Å². The minimum atomic E-state index is 0.0406. The normalized spacial score (nSPS) is 12.6. The van der Waals surface area contributed by atoms with Crippen molar-refractivity contribution in [2.24, 2.45) is 0 Å². The number of anilines is 1. The Kier molecular flexibility index (Phi) is 3.14. The minimum absolute atomic E-state index is 0.0406. The van der Waals surface area contributed by atoms with Gasteiger partial charge in [-0.25, -0.2) is 0 Å². The summed E-state index contributed by atoms with van der Waals surface area (Å²) in [5, 5.41) is 12.7. The molecule has 1 aromatic carbocycles. The van der Waals surface area contributed by atoms with Gasteiger partial charge in [-0.3, -0.25) is 0 Å². The van der Waals surface area contributed by atoms with Gasteiger partial charge in [-0.15, -0.1) is 5.10 Å². The van der Waals surface area contributed by atoms with Gasteiger partial charge in [-0.2, -0.15) is 5.10 Å². The quantitative estimate of drug-likeness (QED) is 0.779. The summed E-state index contributed by atoms with van der Waals surface area (Å²) in [6.07, 6.45) is 0. The lowest BCUT2D eigenvalue weighted by molar-refractivity contribution is 0.525. The zero-order valence-electron chi connectivity index (χ0n) is 11.8. The van der Waals surface area contributed by atoms with E-state index in [0.29, 0.717) is 0 Å². The fourth-order valence-electron chi connectivity index (χ4n) is 2.13. The standard InChI is InChI=1S/C16H17N3O/c1-10-8-16(19-18-11(10)2)17-12(3)15-9-13-6-4-5-7-14(13)20-15/h4-9,12H,1-3H3,(H,17,19)/t12-/m1/s1. The Balaban J connectivity index is 1.84. The van der Waals surface area contributed by atoms with Crippen molar-refractivity contribution in [3.63, 3.8) is 0 Å². The largest absolute Gasteiger partial charge is 0.459 e. The summed E-state index contributed by atoms with van der Waals surface area (Å²) in [6, 6.07) is 12.1. The van der Waals surface area contributed by atoms with E-state index in [2.05, 4.69) is 28.5 Å². The third-order valence-electron chi connectivity index (χ3n) is 3.47. The molecule has 0 radical (unpaired) electrons. The Hall–Kier alpha value is -2.36. The summed E-state index contributed by atoms with van der Waals surface area (Å²) in [5.41, 5.74) is 2.98. The number of hydrogen-bond donors (Lipinski definition) is 1. The van der Waals surface area contributed by atoms with Gasteiger partial charge in [0.2, 0.25) is 0 Å². The second-order valence-electron chi connectivity index (χ2n) is 5.05. The number of aromatic nitrogens is 2. The highest BCUT2D eigenvalue weighted by molar-refractivity contribution is 5.77. The summed E-state index contributed by atoms with van der Waals surface area (Å²) >= 11 is 0. The summed E-state index contributed by atoms with van der Waals surface area (Å²) in [7, 11) is 0. The van der Waals surface area contributed by atoms with Crippen LogP contribution < -0.4 is 5.32 Å². The molecule has 4 heteroatoms. The molecule has 3 rings (SSSR count). The Morgan fingerprint density at radius 2 is 1.90 bits per heavy atom. The molecule has 3 aromatic rings. The molecule has 0 aliphatic heterocycles. The second-order valence-corrected chi connectivity index (χ2v) is 5.05. The average molecular weight is 267 g/mol. The average Bonchev–Trinajstić information content (AvgIpc) is 2.87. The molecular formula is C16H17N3O. The van der Waals surface area contributed by atoms with Crippen molar-refractivity contribution in [2.45, 2.75) is 26.8 Å². The molecule has 2 aromatic heterocycles. The maximum absolute atomic E-state index is 5.85. The number of hydrogen-bond acceptors (Lipinski definition) is 4. The maximum atomic E-state index is 5.85. The smallest absolute Gasteiger partial charge is 0.149 e. The molecule has 0 unspecified atom stereocenters. The number of benzene rings is 1. The minimum Gasteiger partial charge on any atom is -0.459 e. The van der Waals surface area contributed by atoms with E-state index in [1.165, 1.54) is 0 Å². The van der Waals surface area contributed by atoms with Crippen LogP contribution in [0.3, 0.4) is 0 Å². The van der Waals surface area contributed by atoms with Gasteiger partial charge in [0.05, 0.1) is 11.7 Å². The van der Waals surface area contributed by atoms with Crippen molar-refractivity contribution < 1.29 is 4.42 Å². The monoisotopic (exact) mass is 267 g/mol. The van der Waals surface area contributed by atoms with Crippen LogP contribution in [0.15, 0.2) is 40.8 Å². The summed E-state index contributed by atoms with van der Waals surface area (Å²) in [5.74, 6) is 1.66. The fourth-order valence-corrected chi connectivity index (χ4v) is 2.13. The van der Waals surface area contributed by atoms with Gasteiger partial charge in [-0.05, 0) is 44.5 Å². The van der Waals surface area contributed by atoms with Gasteiger partial charge < -0.3 is 9.73 Å². The molecule has 0 aliphatic rings. The predicted octanol–water partition coefficient (Wildman–Crippen LogP) is 4.01. The van der Waals surface area contributed by atoms with E-state index in [-0.39, 0.29) is 6.04 Å². The zero-order valence-corrected chi connectivity index (χ0v) is 11.8. The Bertz CT molecular complexity index is 715. The van der Waals surface area contributed by atoms with Crippen LogP contribution in [0.2, 0.25) is 0 Å². The molecule has 4 nitrogen and oxygen atoms in total. The van der Waals surface area contributed by atoms with Crippen molar-refractivity contribution in [1.82, 2.24) is 10.2 Å². The zero-order chi connectivity index (χ0) is 14.1. The first-order valence-electron chi connectivity index (χ1n) is 6.69. The first kappa shape index (κ1) is 12.7. The number of fused-ring (bicyclic) bond motifs is 1. The first-order valence-corrected chi connectivity index (χ1v) is 6.69. The molecule has 0 bridgehead atoms. The number of aryl methyl sites for hydroxylation is 2. The molecule has 0 aliphatic carbocycles. The van der Waals surface area contributed by atoms with E-state index in [0.717, 1.165) is 33.8 Å². The molecule has 2 heterocycles. The van der Waals surface area contributed by atoms with Crippen LogP contribution in [-0.2, 0) is 0 Å². The van der Waals surface area contributed by atoms with E-state index >= 15 is 0 Å². The molecule has 1 N–H and O–H groups in total. The number of rotatable bonds is 3. The maximum Gasteiger partial charge on any atom is 0.149 e. The van der Waals surface area contributed by atoms with Crippen LogP contribution >= 0.6 is 0 Å². The number of para-hydroxylation sites is 1. The van der Waals surface area contributed by atoms with Crippen LogP contribution in [0.4, 0.5) is 5.82 Å². The Morgan fingerprint density at radius 1 is 1.10 bits per heavy atom. The molecule has 0 amide bonds. The molecular weight excluding hydrogens is 250 g/mol. The second kappa shape index (κ2) is 4.96. The third kappa shape index (κ3) is 2.37. The van der Waals surface area contributed by atoms with Gasteiger partial charge in [0.25, 0.3) is 0 Å². The van der Waals surface area contributed by atoms with Crippen LogP contribution in [0.1, 0.15) is 30.0 Å². The molecule has 1 atom stereocenters. The van der Waals surface area contributed by atoms with Crippen molar-refractivity contribution in [2.75, 3.05) is 5.32 Å². The number of furan rings is 1. The van der Waals surface area contributed by atoms with Crippen molar-refractivity contribution in [1.29, 1.82) is 0 Å². The summed E-state index contributed by atoms with van der Waals surface area (Å²) in [6.45, 7) is 6.03. The van der Waals surface area contributed by atoms with E-state index < -0.39 is 0 Å². The molecule has 102 valence electrons. The Morgan fingerprint density at radius 3 is 2.65 bits per heavy atom. The molecule has 0 spiro atoms. The van der Waals surface area contributed by atoms with Crippen LogP contribution in [0, 0.1) is 13.8 Å². The van der Waals surface area contributed by atoms with Crippen LogP contribution in [-0.4, -0.2) is 10.2 Å². The highest BCUT2D eigenvalue weighted by Crippen LogP contribution is 2.25. The van der Waals surface area contributed by atoms with E-state index in [1.807, 2.05) is 44.2 Å².